The molecule has 0 saturated carbocycles. The molecule has 3 aromatic rings. The third kappa shape index (κ3) is 4.32. The number of rotatable bonds is 7. The van der Waals surface area contributed by atoms with E-state index in [4.69, 9.17) is 11.6 Å². The number of hydrogen-bond donors (Lipinski definition) is 1. The fourth-order valence-corrected chi connectivity index (χ4v) is 4.41. The van der Waals surface area contributed by atoms with Gasteiger partial charge in [-0.2, -0.15) is 0 Å². The molecule has 0 unspecified atom stereocenters. The van der Waals surface area contributed by atoms with Gasteiger partial charge in [0.25, 0.3) is 0 Å². The second-order valence-electron chi connectivity index (χ2n) is 6.09. The van der Waals surface area contributed by atoms with E-state index in [9.17, 15) is 12.8 Å². The first-order valence-electron chi connectivity index (χ1n) is 8.53. The Kier molecular flexibility index (Phi) is 6.28. The van der Waals surface area contributed by atoms with E-state index >= 15 is 0 Å². The Morgan fingerprint density at radius 3 is 2.71 bits per heavy atom. The fourth-order valence-electron chi connectivity index (χ4n) is 2.80. The van der Waals surface area contributed by atoms with Gasteiger partial charge in [-0.1, -0.05) is 42.0 Å². The van der Waals surface area contributed by atoms with Gasteiger partial charge in [0.1, 0.15) is 5.82 Å². The van der Waals surface area contributed by atoms with E-state index in [0.29, 0.717) is 12.1 Å². The molecular weight excluding hydrogens is 401 g/mol. The zero-order chi connectivity index (χ0) is 20.1. The van der Waals surface area contributed by atoms with Crippen LogP contribution in [0.4, 0.5) is 4.39 Å². The molecule has 5 nitrogen and oxygen atoms in total. The van der Waals surface area contributed by atoms with E-state index in [-0.39, 0.29) is 22.0 Å². The van der Waals surface area contributed by atoms with Crippen LogP contribution < -0.4 is 5.32 Å². The predicted molar refractivity (Wildman–Crippen MR) is 110 cm³/mol. The van der Waals surface area contributed by atoms with Crippen LogP contribution in [0.1, 0.15) is 11.1 Å². The minimum absolute atomic E-state index is 0.125. The van der Waals surface area contributed by atoms with Crippen LogP contribution in [0.2, 0.25) is 5.02 Å². The molecule has 0 bridgehead atoms. The highest BCUT2D eigenvalue weighted by Gasteiger charge is 2.24. The molecule has 0 atom stereocenters. The smallest absolute Gasteiger partial charge is 0.242 e. The molecule has 1 aromatic carbocycles. The third-order valence-corrected chi connectivity index (χ3v) is 6.00. The number of halogens is 2. The van der Waals surface area contributed by atoms with Gasteiger partial charge in [-0.25, -0.2) is 16.8 Å². The summed E-state index contributed by atoms with van der Waals surface area (Å²) in [6.07, 6.45) is 7.91. The van der Waals surface area contributed by atoms with Crippen molar-refractivity contribution in [3.63, 3.8) is 0 Å². The van der Waals surface area contributed by atoms with Crippen LogP contribution in [0.15, 0.2) is 61.1 Å². The highest BCUT2D eigenvalue weighted by atomic mass is 35.5. The summed E-state index contributed by atoms with van der Waals surface area (Å²) in [4.78, 5) is 3.98. The Hall–Kier alpha value is -2.48. The van der Waals surface area contributed by atoms with Crippen molar-refractivity contribution in [3.05, 3.63) is 83.0 Å². The number of nitrogens with one attached hydrogen (secondary N) is 1. The topological polar surface area (TPSA) is 64.0 Å². The molecule has 0 radical (unpaired) electrons. The molecular formula is C20H19ClFN3O2S. The highest BCUT2D eigenvalue weighted by Crippen LogP contribution is 2.35. The number of nitrogens with zero attached hydrogens (tertiary/aromatic N) is 2. The van der Waals surface area contributed by atoms with Gasteiger partial charge in [0.15, 0.2) is 0 Å². The summed E-state index contributed by atoms with van der Waals surface area (Å²) in [7, 11) is -2.09. The van der Waals surface area contributed by atoms with E-state index < -0.39 is 15.8 Å². The molecule has 0 saturated heterocycles. The average Bonchev–Trinajstić information content (AvgIpc) is 3.00. The lowest BCUT2D eigenvalue weighted by atomic mass is 10.1. The number of hydrogen-bond acceptors (Lipinski definition) is 4. The van der Waals surface area contributed by atoms with Gasteiger partial charge in [-0.15, -0.1) is 0 Å². The second-order valence-corrected chi connectivity index (χ2v) is 8.36. The summed E-state index contributed by atoms with van der Waals surface area (Å²) in [5, 5.41) is 3.15. The summed E-state index contributed by atoms with van der Waals surface area (Å²) < 4.78 is 41.4. The van der Waals surface area contributed by atoms with Gasteiger partial charge in [-0.05, 0) is 30.8 Å². The van der Waals surface area contributed by atoms with Gasteiger partial charge in [0.2, 0.25) is 10.0 Å². The van der Waals surface area contributed by atoms with Crippen LogP contribution in [0, 0.1) is 5.82 Å². The molecule has 3 rings (SSSR count). The molecule has 0 aliphatic rings. The summed E-state index contributed by atoms with van der Waals surface area (Å²) in [5.74, 6) is -0.811. The van der Waals surface area contributed by atoms with Crippen molar-refractivity contribution in [2.24, 2.45) is 0 Å². The van der Waals surface area contributed by atoms with E-state index in [1.807, 2.05) is 6.07 Å². The maximum absolute atomic E-state index is 14.4. The summed E-state index contributed by atoms with van der Waals surface area (Å²) in [5.41, 5.74) is 1.62. The minimum Gasteiger partial charge on any atom is -0.316 e. The molecule has 0 spiro atoms. The maximum Gasteiger partial charge on any atom is 0.242 e. The molecule has 0 amide bonds. The number of aromatic nitrogens is 2. The molecule has 2 aromatic heterocycles. The lowest BCUT2D eigenvalue weighted by molar-refractivity contribution is 0.590. The molecule has 0 aliphatic carbocycles. The van der Waals surface area contributed by atoms with E-state index in [1.165, 1.54) is 24.4 Å². The number of benzene rings is 1. The van der Waals surface area contributed by atoms with Crippen molar-refractivity contribution < 1.29 is 12.8 Å². The van der Waals surface area contributed by atoms with Gasteiger partial charge < -0.3 is 5.32 Å². The normalized spacial score (nSPS) is 12.0. The van der Waals surface area contributed by atoms with Gasteiger partial charge in [0.05, 0.1) is 16.5 Å². The van der Waals surface area contributed by atoms with Crippen molar-refractivity contribution in [1.82, 2.24) is 14.3 Å². The number of pyridine rings is 1. The van der Waals surface area contributed by atoms with Crippen LogP contribution >= 0.6 is 11.6 Å². The summed E-state index contributed by atoms with van der Waals surface area (Å²) >= 11 is 6.43. The zero-order valence-corrected chi connectivity index (χ0v) is 16.7. The first-order valence-corrected chi connectivity index (χ1v) is 10.5. The third-order valence-electron chi connectivity index (χ3n) is 4.08. The second kappa shape index (κ2) is 8.68. The van der Waals surface area contributed by atoms with Crippen LogP contribution in [0.25, 0.3) is 17.3 Å². The first kappa shape index (κ1) is 20.3. The lowest BCUT2D eigenvalue weighted by Gasteiger charge is -2.10. The van der Waals surface area contributed by atoms with E-state index in [1.54, 1.807) is 43.7 Å². The SMILES string of the molecule is CNCc1cn(S(=O)(=O)CC=Cc2cccnc2)c(-c2ccccc2F)c1Cl. The standard InChI is InChI=1S/C20H19ClFN3O2S/c1-23-13-16-14-25(20(19(16)21)17-8-2-3-9-18(17)22)28(26,27)11-5-7-15-6-4-10-24-12-15/h2-10,12,14,23H,11,13H2,1H3. The van der Waals surface area contributed by atoms with E-state index in [0.717, 1.165) is 9.54 Å². The fraction of sp³-hybridized carbons (Fsp3) is 0.150. The Balaban J connectivity index is 2.03. The molecule has 8 heteroatoms. The Morgan fingerprint density at radius 1 is 1.25 bits per heavy atom. The van der Waals surface area contributed by atoms with Crippen molar-refractivity contribution in [1.29, 1.82) is 0 Å². The Labute approximate surface area is 168 Å². The molecule has 2 heterocycles. The average molecular weight is 420 g/mol. The zero-order valence-electron chi connectivity index (χ0n) is 15.1. The molecule has 28 heavy (non-hydrogen) atoms. The molecule has 146 valence electrons. The van der Waals surface area contributed by atoms with Crippen molar-refractivity contribution in [3.8, 4) is 11.3 Å². The maximum atomic E-state index is 14.4. The van der Waals surface area contributed by atoms with Crippen LogP contribution in [0.5, 0.6) is 0 Å². The predicted octanol–water partition coefficient (Wildman–Crippen LogP) is 3.95. The van der Waals surface area contributed by atoms with Crippen molar-refractivity contribution in [2.75, 3.05) is 12.8 Å². The van der Waals surface area contributed by atoms with Crippen LogP contribution in [-0.2, 0) is 16.6 Å². The van der Waals surface area contributed by atoms with Gasteiger partial charge in [0, 0.05) is 36.3 Å². The quantitative estimate of drug-likeness (QED) is 0.629. The first-order chi connectivity index (χ1) is 13.4. The van der Waals surface area contributed by atoms with Crippen molar-refractivity contribution in [2.45, 2.75) is 6.54 Å². The monoisotopic (exact) mass is 419 g/mol. The Bertz CT molecular complexity index is 1100. The van der Waals surface area contributed by atoms with Gasteiger partial charge >= 0.3 is 0 Å². The van der Waals surface area contributed by atoms with E-state index in [2.05, 4.69) is 10.3 Å². The molecule has 1 N–H and O–H groups in total. The van der Waals surface area contributed by atoms with Gasteiger partial charge in [-0.3, -0.25) is 4.98 Å². The summed E-state index contributed by atoms with van der Waals surface area (Å²) in [6.45, 7) is 0.355. The van der Waals surface area contributed by atoms with Crippen molar-refractivity contribution >= 4 is 27.7 Å². The highest BCUT2D eigenvalue weighted by molar-refractivity contribution is 7.90. The largest absolute Gasteiger partial charge is 0.316 e. The van der Waals surface area contributed by atoms with Crippen LogP contribution in [-0.4, -0.2) is 30.2 Å². The molecule has 0 fully saturated rings. The molecule has 0 aliphatic heterocycles. The lowest BCUT2D eigenvalue weighted by Crippen LogP contribution is -2.16. The minimum atomic E-state index is -3.82. The Morgan fingerprint density at radius 2 is 2.04 bits per heavy atom. The van der Waals surface area contributed by atoms with Crippen LogP contribution in [0.3, 0.4) is 0 Å². The summed E-state index contributed by atoms with van der Waals surface area (Å²) in [6, 6.07) is 9.55.